The van der Waals surface area contributed by atoms with E-state index in [-0.39, 0.29) is 5.54 Å². The topological polar surface area (TPSA) is 64.4 Å². The van der Waals surface area contributed by atoms with Gasteiger partial charge in [-0.25, -0.2) is 0 Å². The molecule has 0 aromatic heterocycles. The Morgan fingerprint density at radius 1 is 1.60 bits per heavy atom. The van der Waals surface area contributed by atoms with Crippen LogP contribution in [-0.2, 0) is 0 Å². The molecule has 56 valence electrons. The molecule has 3 nitrogen and oxygen atoms in total. The SMILES string of the molecule is CN=C/C(=C\N)C1(N)CC1. The van der Waals surface area contributed by atoms with E-state index in [2.05, 4.69) is 4.99 Å². The lowest BCUT2D eigenvalue weighted by atomic mass is 10.1. The van der Waals surface area contributed by atoms with E-state index >= 15 is 0 Å². The summed E-state index contributed by atoms with van der Waals surface area (Å²) in [6, 6.07) is 0. The monoisotopic (exact) mass is 139 g/mol. The van der Waals surface area contributed by atoms with Crippen molar-refractivity contribution >= 4 is 6.21 Å². The number of hydrogen-bond acceptors (Lipinski definition) is 3. The fourth-order valence-corrected chi connectivity index (χ4v) is 0.900. The second-order valence-electron chi connectivity index (χ2n) is 2.67. The Morgan fingerprint density at radius 3 is 2.50 bits per heavy atom. The molecule has 0 spiro atoms. The van der Waals surface area contributed by atoms with Crippen LogP contribution in [0.25, 0.3) is 0 Å². The van der Waals surface area contributed by atoms with Crippen LogP contribution >= 0.6 is 0 Å². The van der Waals surface area contributed by atoms with Crippen LogP contribution in [-0.4, -0.2) is 18.8 Å². The molecule has 1 saturated carbocycles. The van der Waals surface area contributed by atoms with E-state index in [1.807, 2.05) is 0 Å². The van der Waals surface area contributed by atoms with Crippen molar-refractivity contribution in [1.82, 2.24) is 0 Å². The van der Waals surface area contributed by atoms with Crippen molar-refractivity contribution in [1.29, 1.82) is 0 Å². The van der Waals surface area contributed by atoms with Gasteiger partial charge in [0.15, 0.2) is 0 Å². The summed E-state index contributed by atoms with van der Waals surface area (Å²) in [5.41, 5.74) is 12.0. The van der Waals surface area contributed by atoms with Gasteiger partial charge in [0.2, 0.25) is 0 Å². The first-order valence-electron chi connectivity index (χ1n) is 3.36. The van der Waals surface area contributed by atoms with Crippen molar-refractivity contribution in [3.05, 3.63) is 11.8 Å². The van der Waals surface area contributed by atoms with Crippen molar-refractivity contribution in [3.63, 3.8) is 0 Å². The minimum atomic E-state index is -0.145. The van der Waals surface area contributed by atoms with Crippen LogP contribution in [0.1, 0.15) is 12.8 Å². The molecule has 10 heavy (non-hydrogen) atoms. The van der Waals surface area contributed by atoms with Crippen molar-refractivity contribution < 1.29 is 0 Å². The zero-order valence-corrected chi connectivity index (χ0v) is 6.17. The highest BCUT2D eigenvalue weighted by molar-refractivity contribution is 5.82. The van der Waals surface area contributed by atoms with Crippen molar-refractivity contribution in [2.45, 2.75) is 18.4 Å². The predicted molar refractivity (Wildman–Crippen MR) is 42.8 cm³/mol. The number of nitrogens with zero attached hydrogens (tertiary/aromatic N) is 1. The van der Waals surface area contributed by atoms with Gasteiger partial charge < -0.3 is 11.5 Å². The quantitative estimate of drug-likeness (QED) is 0.530. The molecule has 1 fully saturated rings. The molecule has 0 aromatic carbocycles. The van der Waals surface area contributed by atoms with Gasteiger partial charge in [-0.3, -0.25) is 4.99 Å². The first-order valence-corrected chi connectivity index (χ1v) is 3.36. The Morgan fingerprint density at radius 2 is 2.20 bits per heavy atom. The Bertz CT molecular complexity index is 177. The van der Waals surface area contributed by atoms with Crippen LogP contribution in [0.2, 0.25) is 0 Å². The third-order valence-electron chi connectivity index (χ3n) is 1.81. The summed E-state index contributed by atoms with van der Waals surface area (Å²) in [5.74, 6) is 0. The average Bonchev–Trinajstić information content (AvgIpc) is 2.64. The number of hydrogen-bond donors (Lipinski definition) is 2. The van der Waals surface area contributed by atoms with Gasteiger partial charge in [0.1, 0.15) is 0 Å². The first kappa shape index (κ1) is 7.28. The average molecular weight is 139 g/mol. The van der Waals surface area contributed by atoms with Crippen molar-refractivity contribution in [2.75, 3.05) is 7.05 Å². The molecule has 0 atom stereocenters. The minimum absolute atomic E-state index is 0.145. The molecule has 0 radical (unpaired) electrons. The van der Waals surface area contributed by atoms with E-state index in [0.29, 0.717) is 0 Å². The summed E-state index contributed by atoms with van der Waals surface area (Å²) >= 11 is 0. The van der Waals surface area contributed by atoms with Gasteiger partial charge >= 0.3 is 0 Å². The van der Waals surface area contributed by atoms with Crippen molar-refractivity contribution in [3.8, 4) is 0 Å². The number of nitrogens with two attached hydrogens (primary N) is 2. The molecule has 0 aromatic rings. The van der Waals surface area contributed by atoms with E-state index in [9.17, 15) is 0 Å². The first-order chi connectivity index (χ1) is 4.73. The van der Waals surface area contributed by atoms with E-state index in [1.165, 1.54) is 0 Å². The van der Waals surface area contributed by atoms with Crippen LogP contribution in [0.15, 0.2) is 16.8 Å². The molecule has 0 bridgehead atoms. The predicted octanol–water partition coefficient (Wildman–Crippen LogP) is 0.0209. The summed E-state index contributed by atoms with van der Waals surface area (Å²) < 4.78 is 0. The van der Waals surface area contributed by atoms with Crippen LogP contribution < -0.4 is 11.5 Å². The molecule has 0 amide bonds. The Balaban J connectivity index is 2.67. The molecule has 4 N–H and O–H groups in total. The fraction of sp³-hybridized carbons (Fsp3) is 0.571. The summed E-state index contributed by atoms with van der Waals surface area (Å²) in [5, 5.41) is 0. The largest absolute Gasteiger partial charge is 0.404 e. The maximum atomic E-state index is 5.85. The standard InChI is InChI=1S/C7H13N3/c1-10-5-6(4-8)7(9)2-3-7/h4-5H,2-3,8-9H2,1H3/b6-4+,10-5?. The molecule has 0 heterocycles. The molecule has 0 saturated heterocycles. The molecule has 1 rings (SSSR count). The Kier molecular flexibility index (Phi) is 1.76. The highest BCUT2D eigenvalue weighted by Crippen LogP contribution is 2.37. The third-order valence-corrected chi connectivity index (χ3v) is 1.81. The second kappa shape index (κ2) is 2.42. The van der Waals surface area contributed by atoms with E-state index in [1.54, 1.807) is 19.5 Å². The van der Waals surface area contributed by atoms with E-state index < -0.39 is 0 Å². The summed E-state index contributed by atoms with van der Waals surface area (Å²) in [7, 11) is 1.72. The molecule has 0 unspecified atom stereocenters. The lowest BCUT2D eigenvalue weighted by Gasteiger charge is -2.06. The van der Waals surface area contributed by atoms with Crippen LogP contribution in [0.3, 0.4) is 0 Å². The molecular formula is C7H13N3. The zero-order valence-electron chi connectivity index (χ0n) is 6.17. The van der Waals surface area contributed by atoms with Crippen LogP contribution in [0.5, 0.6) is 0 Å². The Labute approximate surface area is 60.8 Å². The molecule has 1 aliphatic rings. The molecule has 1 aliphatic carbocycles. The maximum Gasteiger partial charge on any atom is 0.0440 e. The van der Waals surface area contributed by atoms with Gasteiger partial charge in [0, 0.05) is 30.6 Å². The van der Waals surface area contributed by atoms with Crippen molar-refractivity contribution in [2.24, 2.45) is 16.5 Å². The fourth-order valence-electron chi connectivity index (χ4n) is 0.900. The van der Waals surface area contributed by atoms with Gasteiger partial charge in [-0.15, -0.1) is 0 Å². The Hall–Kier alpha value is -0.830. The highest BCUT2D eigenvalue weighted by Gasteiger charge is 2.40. The second-order valence-corrected chi connectivity index (χ2v) is 2.67. The lowest BCUT2D eigenvalue weighted by molar-refractivity contribution is 0.827. The normalized spacial score (nSPS) is 23.6. The van der Waals surface area contributed by atoms with Crippen LogP contribution in [0.4, 0.5) is 0 Å². The van der Waals surface area contributed by atoms with Gasteiger partial charge in [0.05, 0.1) is 0 Å². The summed E-state index contributed by atoms with van der Waals surface area (Å²) in [4.78, 5) is 3.86. The maximum absolute atomic E-state index is 5.85. The number of rotatable bonds is 2. The summed E-state index contributed by atoms with van der Waals surface area (Å²) in [6.07, 6.45) is 5.33. The third kappa shape index (κ3) is 1.19. The zero-order chi connectivity index (χ0) is 7.61. The number of aliphatic imine (C=N–C) groups is 1. The van der Waals surface area contributed by atoms with Gasteiger partial charge in [0.25, 0.3) is 0 Å². The van der Waals surface area contributed by atoms with Gasteiger partial charge in [-0.2, -0.15) is 0 Å². The highest BCUT2D eigenvalue weighted by atomic mass is 14.8. The molecule has 3 heteroatoms. The molecule has 0 aliphatic heterocycles. The summed E-state index contributed by atoms with van der Waals surface area (Å²) in [6.45, 7) is 0. The van der Waals surface area contributed by atoms with Gasteiger partial charge in [-0.1, -0.05) is 0 Å². The van der Waals surface area contributed by atoms with Gasteiger partial charge in [-0.05, 0) is 12.8 Å². The van der Waals surface area contributed by atoms with E-state index in [4.69, 9.17) is 11.5 Å². The minimum Gasteiger partial charge on any atom is -0.404 e. The smallest absolute Gasteiger partial charge is 0.0440 e. The molecular weight excluding hydrogens is 126 g/mol. The van der Waals surface area contributed by atoms with Crippen LogP contribution in [0, 0.1) is 0 Å². The van der Waals surface area contributed by atoms with E-state index in [0.717, 1.165) is 18.4 Å². The lowest BCUT2D eigenvalue weighted by Crippen LogP contribution is -2.26.